The molecule has 0 aliphatic heterocycles. The van der Waals surface area contributed by atoms with E-state index in [-0.39, 0.29) is 15.4 Å². The van der Waals surface area contributed by atoms with Gasteiger partial charge in [-0.3, -0.25) is 14.2 Å². The van der Waals surface area contributed by atoms with Crippen molar-refractivity contribution in [1.82, 2.24) is 0 Å². The molecule has 3 N–H and O–H groups in total. The molecule has 0 aromatic heterocycles. The number of ether oxygens (including phenoxy) is 1. The fraction of sp³-hybridized carbons (Fsp3) is 0.167. The molecule has 214 valence electrons. The van der Waals surface area contributed by atoms with Crippen molar-refractivity contribution >= 4 is 43.0 Å². The van der Waals surface area contributed by atoms with E-state index in [4.69, 9.17) is 4.74 Å². The fourth-order valence-electron chi connectivity index (χ4n) is 4.30. The number of amides is 1. The van der Waals surface area contributed by atoms with Crippen LogP contribution in [0.1, 0.15) is 32.6 Å². The van der Waals surface area contributed by atoms with Crippen LogP contribution in [-0.4, -0.2) is 29.9 Å². The molecule has 0 atom stereocenters. The zero-order chi connectivity index (χ0) is 29.9. The number of hydrogen-bond donors (Lipinski definition) is 3. The van der Waals surface area contributed by atoms with Crippen LogP contribution in [0.15, 0.2) is 88.7 Å². The van der Waals surface area contributed by atoms with Gasteiger partial charge in [-0.2, -0.15) is 0 Å². The molecule has 0 heterocycles. The third-order valence-corrected chi connectivity index (χ3v) is 9.14. The lowest BCUT2D eigenvalue weighted by Crippen LogP contribution is -2.17. The highest BCUT2D eigenvalue weighted by Crippen LogP contribution is 2.28. The first-order chi connectivity index (χ1) is 19.3. The number of benzene rings is 4. The number of anilines is 3. The lowest BCUT2D eigenvalue weighted by molar-refractivity contribution is 0.102. The van der Waals surface area contributed by atoms with Crippen LogP contribution in [0.3, 0.4) is 0 Å². The summed E-state index contributed by atoms with van der Waals surface area (Å²) in [5, 5.41) is 2.69. The summed E-state index contributed by atoms with van der Waals surface area (Å²) < 4.78 is 62.6. The van der Waals surface area contributed by atoms with Crippen molar-refractivity contribution in [2.45, 2.75) is 37.5 Å². The van der Waals surface area contributed by atoms with E-state index >= 15 is 0 Å². The van der Waals surface area contributed by atoms with E-state index in [0.717, 1.165) is 16.7 Å². The number of sulfonamides is 2. The summed E-state index contributed by atoms with van der Waals surface area (Å²) in [6, 6.07) is 20.6. The van der Waals surface area contributed by atoms with Crippen molar-refractivity contribution in [3.8, 4) is 5.75 Å². The third kappa shape index (κ3) is 7.05. The molecule has 0 aliphatic carbocycles. The predicted molar refractivity (Wildman–Crippen MR) is 161 cm³/mol. The SMILES string of the molecule is COc1ccc(C)cc1NS(=O)(=O)c1ccc(NC(=O)c2ccc(C)c(S(=O)(=O)Nc3cc(C)cc(C)c3)c2)cc1. The highest BCUT2D eigenvalue weighted by atomic mass is 32.2. The molecule has 9 nitrogen and oxygen atoms in total. The second-order valence-electron chi connectivity index (χ2n) is 9.75. The lowest BCUT2D eigenvalue weighted by Gasteiger charge is -2.14. The van der Waals surface area contributed by atoms with Crippen LogP contribution < -0.4 is 19.5 Å². The summed E-state index contributed by atoms with van der Waals surface area (Å²) in [5.41, 5.74) is 4.36. The molecule has 4 aromatic carbocycles. The number of aryl methyl sites for hydroxylation is 4. The zero-order valence-corrected chi connectivity index (χ0v) is 24.9. The Kier molecular flexibility index (Phi) is 8.41. The molecule has 0 saturated carbocycles. The maximum Gasteiger partial charge on any atom is 0.262 e. The van der Waals surface area contributed by atoms with Crippen LogP contribution in [-0.2, 0) is 20.0 Å². The minimum Gasteiger partial charge on any atom is -0.495 e. The number of rotatable bonds is 9. The summed E-state index contributed by atoms with van der Waals surface area (Å²) >= 11 is 0. The maximum atomic E-state index is 13.2. The Morgan fingerprint density at radius 3 is 1.95 bits per heavy atom. The van der Waals surface area contributed by atoms with E-state index in [0.29, 0.717) is 28.4 Å². The van der Waals surface area contributed by atoms with Crippen molar-refractivity contribution in [2.75, 3.05) is 21.9 Å². The molecule has 0 radical (unpaired) electrons. The van der Waals surface area contributed by atoms with Gasteiger partial charge in [0.05, 0.1) is 22.6 Å². The quantitative estimate of drug-likeness (QED) is 0.225. The molecule has 41 heavy (non-hydrogen) atoms. The van der Waals surface area contributed by atoms with Crippen LogP contribution in [0.2, 0.25) is 0 Å². The van der Waals surface area contributed by atoms with Gasteiger partial charge in [0, 0.05) is 16.9 Å². The minimum absolute atomic E-state index is 0.0137. The van der Waals surface area contributed by atoms with Crippen molar-refractivity contribution < 1.29 is 26.4 Å². The first-order valence-electron chi connectivity index (χ1n) is 12.6. The van der Waals surface area contributed by atoms with Crippen LogP contribution in [0, 0.1) is 27.7 Å². The van der Waals surface area contributed by atoms with Gasteiger partial charge in [0.25, 0.3) is 26.0 Å². The molecule has 0 fully saturated rings. The summed E-state index contributed by atoms with van der Waals surface area (Å²) in [4.78, 5) is 13.0. The van der Waals surface area contributed by atoms with E-state index in [2.05, 4.69) is 14.8 Å². The lowest BCUT2D eigenvalue weighted by atomic mass is 10.1. The molecule has 0 saturated heterocycles. The van der Waals surface area contributed by atoms with Gasteiger partial charge in [0.2, 0.25) is 0 Å². The molecule has 0 spiro atoms. The number of carbonyl (C=O) groups excluding carboxylic acids is 1. The Hall–Kier alpha value is -4.35. The highest BCUT2D eigenvalue weighted by Gasteiger charge is 2.21. The molecular weight excluding hydrogens is 562 g/mol. The summed E-state index contributed by atoms with van der Waals surface area (Å²) in [6.07, 6.45) is 0. The van der Waals surface area contributed by atoms with Crippen molar-refractivity contribution in [2.24, 2.45) is 0 Å². The zero-order valence-electron chi connectivity index (χ0n) is 23.3. The first kappa shape index (κ1) is 29.6. The number of methoxy groups -OCH3 is 1. The van der Waals surface area contributed by atoms with E-state index in [1.807, 2.05) is 32.9 Å². The maximum absolute atomic E-state index is 13.2. The fourth-order valence-corrected chi connectivity index (χ4v) is 6.67. The van der Waals surface area contributed by atoms with E-state index < -0.39 is 26.0 Å². The Morgan fingerprint density at radius 2 is 1.32 bits per heavy atom. The van der Waals surface area contributed by atoms with Gasteiger partial charge in [-0.05, 0) is 111 Å². The second-order valence-corrected chi connectivity index (χ2v) is 13.1. The van der Waals surface area contributed by atoms with Gasteiger partial charge >= 0.3 is 0 Å². The second kappa shape index (κ2) is 11.6. The van der Waals surface area contributed by atoms with Crippen molar-refractivity contribution in [3.63, 3.8) is 0 Å². The van der Waals surface area contributed by atoms with Gasteiger partial charge in [-0.1, -0.05) is 18.2 Å². The molecular formula is C30H31N3O6S2. The third-order valence-electron chi connectivity index (χ3n) is 6.24. The molecule has 1 amide bonds. The monoisotopic (exact) mass is 593 g/mol. The Balaban J connectivity index is 1.51. The van der Waals surface area contributed by atoms with E-state index in [1.165, 1.54) is 43.5 Å². The number of nitrogens with one attached hydrogen (secondary N) is 3. The number of hydrogen-bond acceptors (Lipinski definition) is 6. The Morgan fingerprint density at radius 1 is 0.659 bits per heavy atom. The predicted octanol–water partition coefficient (Wildman–Crippen LogP) is 5.78. The first-order valence-corrected chi connectivity index (χ1v) is 15.5. The molecule has 4 rings (SSSR count). The Bertz CT molecular complexity index is 1810. The normalized spacial score (nSPS) is 11.5. The van der Waals surface area contributed by atoms with Gasteiger partial charge < -0.3 is 10.1 Å². The van der Waals surface area contributed by atoms with Gasteiger partial charge in [-0.15, -0.1) is 0 Å². The smallest absolute Gasteiger partial charge is 0.262 e. The van der Waals surface area contributed by atoms with E-state index in [9.17, 15) is 21.6 Å². The molecule has 0 unspecified atom stereocenters. The highest BCUT2D eigenvalue weighted by molar-refractivity contribution is 7.93. The molecule has 0 bridgehead atoms. The van der Waals surface area contributed by atoms with Gasteiger partial charge in [0.1, 0.15) is 5.75 Å². The summed E-state index contributed by atoms with van der Waals surface area (Å²) in [5.74, 6) is -0.169. The van der Waals surface area contributed by atoms with E-state index in [1.54, 1.807) is 37.3 Å². The average molecular weight is 594 g/mol. The van der Waals surface area contributed by atoms with Crippen LogP contribution >= 0.6 is 0 Å². The summed E-state index contributed by atoms with van der Waals surface area (Å²) in [6.45, 7) is 7.24. The topological polar surface area (TPSA) is 131 Å². The average Bonchev–Trinajstić information content (AvgIpc) is 2.88. The van der Waals surface area contributed by atoms with Gasteiger partial charge in [0.15, 0.2) is 0 Å². The molecule has 11 heteroatoms. The van der Waals surface area contributed by atoms with Crippen LogP contribution in [0.4, 0.5) is 17.1 Å². The largest absolute Gasteiger partial charge is 0.495 e. The van der Waals surface area contributed by atoms with Crippen molar-refractivity contribution in [3.05, 3.63) is 107 Å². The van der Waals surface area contributed by atoms with Crippen LogP contribution in [0.25, 0.3) is 0 Å². The number of carbonyl (C=O) groups is 1. The minimum atomic E-state index is -3.97. The van der Waals surface area contributed by atoms with Crippen LogP contribution in [0.5, 0.6) is 5.75 Å². The summed E-state index contributed by atoms with van der Waals surface area (Å²) in [7, 11) is -6.46. The standard InChI is InChI=1S/C30H31N3O6S2/c1-19-6-13-28(39-5)27(17-19)33-40(35,36)26-11-9-24(10-12-26)31-30(34)23-8-7-22(4)29(18-23)41(37,38)32-25-15-20(2)14-21(3)16-25/h6-18,32-33H,1-5H3,(H,31,34). The molecule has 0 aliphatic rings. The molecule has 4 aromatic rings. The van der Waals surface area contributed by atoms with Gasteiger partial charge in [-0.25, -0.2) is 16.8 Å². The van der Waals surface area contributed by atoms with Crippen molar-refractivity contribution in [1.29, 1.82) is 0 Å². The Labute approximate surface area is 240 Å².